The third-order valence-electron chi connectivity index (χ3n) is 5.74. The molecule has 0 atom stereocenters. The average molecular weight is 517 g/mol. The quantitative estimate of drug-likeness (QED) is 0.200. The molecule has 0 radical (unpaired) electrons. The summed E-state index contributed by atoms with van der Waals surface area (Å²) in [5, 5.41) is 16.8. The standard InChI is InChI=1S/C29H32N4O5/c1-5-33(6-2)23-14-12-20(13-15-23)16-24(31-28(35)22-10-8-7-9-11-22)29(36)32-30-19-21-17-25(37-3)27(34)26(18-21)38-4/h7-19,34H,5-6H2,1-4H3,(H,31,35)(H,32,36)/b24-16+,30-19+. The highest BCUT2D eigenvalue weighted by Gasteiger charge is 2.15. The minimum atomic E-state index is -0.615. The average Bonchev–Trinajstić information content (AvgIpc) is 2.95. The number of hydrazone groups is 1. The number of hydrogen-bond donors (Lipinski definition) is 3. The number of phenolic OH excluding ortho intramolecular Hbond substituents is 1. The van der Waals surface area contributed by atoms with E-state index in [0.29, 0.717) is 11.1 Å². The molecule has 0 saturated heterocycles. The second kappa shape index (κ2) is 13.5. The summed E-state index contributed by atoms with van der Waals surface area (Å²) in [4.78, 5) is 28.1. The summed E-state index contributed by atoms with van der Waals surface area (Å²) in [5.41, 5.74) is 5.19. The van der Waals surface area contributed by atoms with Crippen molar-refractivity contribution >= 4 is 29.8 Å². The van der Waals surface area contributed by atoms with Gasteiger partial charge >= 0.3 is 0 Å². The molecule has 0 aliphatic rings. The van der Waals surface area contributed by atoms with Crippen LogP contribution in [0.25, 0.3) is 6.08 Å². The van der Waals surface area contributed by atoms with E-state index in [1.54, 1.807) is 48.5 Å². The van der Waals surface area contributed by atoms with Crippen LogP contribution >= 0.6 is 0 Å². The predicted octanol–water partition coefficient (Wildman–Crippen LogP) is 4.18. The number of hydrogen-bond acceptors (Lipinski definition) is 7. The van der Waals surface area contributed by atoms with Crippen LogP contribution in [0, 0.1) is 0 Å². The van der Waals surface area contributed by atoms with Crippen LogP contribution in [0.4, 0.5) is 5.69 Å². The van der Waals surface area contributed by atoms with Crippen molar-refractivity contribution < 1.29 is 24.2 Å². The number of carbonyl (C=O) groups is 2. The Hall–Kier alpha value is -4.79. The molecule has 0 aliphatic carbocycles. The Bertz CT molecular complexity index is 1280. The van der Waals surface area contributed by atoms with Gasteiger partial charge in [-0.1, -0.05) is 30.3 Å². The molecule has 9 nitrogen and oxygen atoms in total. The van der Waals surface area contributed by atoms with Crippen LogP contribution < -0.4 is 25.1 Å². The first-order valence-corrected chi connectivity index (χ1v) is 12.1. The monoisotopic (exact) mass is 516 g/mol. The van der Waals surface area contributed by atoms with Crippen molar-refractivity contribution in [1.29, 1.82) is 0 Å². The third-order valence-corrected chi connectivity index (χ3v) is 5.74. The normalized spacial score (nSPS) is 11.2. The minimum Gasteiger partial charge on any atom is -0.502 e. The zero-order valence-electron chi connectivity index (χ0n) is 21.9. The fraction of sp³-hybridized carbons (Fsp3) is 0.207. The highest BCUT2D eigenvalue weighted by atomic mass is 16.5. The van der Waals surface area contributed by atoms with Gasteiger partial charge in [0.2, 0.25) is 5.75 Å². The number of phenols is 1. The molecule has 38 heavy (non-hydrogen) atoms. The van der Waals surface area contributed by atoms with Crippen LogP contribution in [0.2, 0.25) is 0 Å². The number of amides is 2. The number of rotatable bonds is 11. The number of nitrogens with one attached hydrogen (secondary N) is 2. The van der Waals surface area contributed by atoms with Crippen molar-refractivity contribution in [2.75, 3.05) is 32.2 Å². The number of aromatic hydroxyl groups is 1. The van der Waals surface area contributed by atoms with E-state index in [4.69, 9.17) is 9.47 Å². The maximum Gasteiger partial charge on any atom is 0.287 e. The lowest BCUT2D eigenvalue weighted by molar-refractivity contribution is -0.117. The Kier molecular flexibility index (Phi) is 9.87. The molecule has 0 spiro atoms. The Morgan fingerprint density at radius 1 is 0.921 bits per heavy atom. The highest BCUT2D eigenvalue weighted by Crippen LogP contribution is 2.36. The third kappa shape index (κ3) is 7.13. The molecule has 9 heteroatoms. The van der Waals surface area contributed by atoms with Crippen molar-refractivity contribution in [1.82, 2.24) is 10.7 Å². The highest BCUT2D eigenvalue weighted by molar-refractivity contribution is 6.05. The molecule has 0 bridgehead atoms. The van der Waals surface area contributed by atoms with Gasteiger partial charge in [0.15, 0.2) is 11.5 Å². The first-order valence-electron chi connectivity index (χ1n) is 12.1. The molecule has 198 valence electrons. The van der Waals surface area contributed by atoms with Crippen LogP contribution in [0.5, 0.6) is 17.2 Å². The van der Waals surface area contributed by atoms with Gasteiger partial charge in [-0.25, -0.2) is 5.43 Å². The summed E-state index contributed by atoms with van der Waals surface area (Å²) in [5.74, 6) is -0.793. The maximum absolute atomic E-state index is 13.1. The summed E-state index contributed by atoms with van der Waals surface area (Å²) >= 11 is 0. The lowest BCUT2D eigenvalue weighted by Gasteiger charge is -2.21. The van der Waals surface area contributed by atoms with E-state index < -0.39 is 11.8 Å². The van der Waals surface area contributed by atoms with E-state index in [-0.39, 0.29) is 22.9 Å². The first-order chi connectivity index (χ1) is 18.4. The second-order valence-corrected chi connectivity index (χ2v) is 8.12. The number of carbonyl (C=O) groups excluding carboxylic acids is 2. The van der Waals surface area contributed by atoms with Crippen molar-refractivity contribution in [3.8, 4) is 17.2 Å². The van der Waals surface area contributed by atoms with Crippen LogP contribution in [-0.4, -0.2) is 50.4 Å². The fourth-order valence-corrected chi connectivity index (χ4v) is 3.69. The Labute approximate surface area is 222 Å². The van der Waals surface area contributed by atoms with Gasteiger partial charge in [0.1, 0.15) is 5.70 Å². The zero-order valence-corrected chi connectivity index (χ0v) is 21.9. The fourth-order valence-electron chi connectivity index (χ4n) is 3.69. The zero-order chi connectivity index (χ0) is 27.5. The topological polar surface area (TPSA) is 112 Å². The largest absolute Gasteiger partial charge is 0.502 e. The summed E-state index contributed by atoms with van der Waals surface area (Å²) in [7, 11) is 2.83. The molecule has 0 aliphatic heterocycles. The van der Waals surface area contributed by atoms with E-state index >= 15 is 0 Å². The van der Waals surface area contributed by atoms with Gasteiger partial charge in [-0.05, 0) is 61.9 Å². The SMILES string of the molecule is CCN(CC)c1ccc(/C=C(/NC(=O)c2ccccc2)C(=O)N/N=C/c2cc(OC)c(O)c(OC)c2)cc1. The first kappa shape index (κ1) is 27.8. The van der Waals surface area contributed by atoms with E-state index in [2.05, 4.69) is 34.6 Å². The van der Waals surface area contributed by atoms with E-state index in [9.17, 15) is 14.7 Å². The van der Waals surface area contributed by atoms with Crippen LogP contribution in [0.3, 0.4) is 0 Å². The number of ether oxygens (including phenoxy) is 2. The smallest absolute Gasteiger partial charge is 0.287 e. The lowest BCUT2D eigenvalue weighted by Crippen LogP contribution is -2.32. The number of anilines is 1. The predicted molar refractivity (Wildman–Crippen MR) is 149 cm³/mol. The Morgan fingerprint density at radius 3 is 2.08 bits per heavy atom. The summed E-state index contributed by atoms with van der Waals surface area (Å²) in [6.07, 6.45) is 2.96. The van der Waals surface area contributed by atoms with Gasteiger partial charge < -0.3 is 24.8 Å². The van der Waals surface area contributed by atoms with Crippen molar-refractivity contribution in [2.24, 2.45) is 5.10 Å². The minimum absolute atomic E-state index is 0.0208. The second-order valence-electron chi connectivity index (χ2n) is 8.12. The van der Waals surface area contributed by atoms with Crippen molar-refractivity contribution in [3.63, 3.8) is 0 Å². The molecule has 0 unspecified atom stereocenters. The van der Waals surface area contributed by atoms with Crippen LogP contribution in [-0.2, 0) is 4.79 Å². The molecule has 2 amide bonds. The van der Waals surface area contributed by atoms with Gasteiger partial charge in [-0.3, -0.25) is 9.59 Å². The molecular weight excluding hydrogens is 484 g/mol. The van der Waals surface area contributed by atoms with Gasteiger partial charge in [0, 0.05) is 29.9 Å². The van der Waals surface area contributed by atoms with Gasteiger partial charge in [-0.15, -0.1) is 0 Å². The molecule has 3 aromatic carbocycles. The summed E-state index contributed by atoms with van der Waals surface area (Å²) in [6, 6.07) is 19.4. The molecule has 3 aromatic rings. The lowest BCUT2D eigenvalue weighted by atomic mass is 10.1. The molecule has 0 heterocycles. The van der Waals surface area contributed by atoms with Crippen LogP contribution in [0.15, 0.2) is 77.5 Å². The molecular formula is C29H32N4O5. The van der Waals surface area contributed by atoms with E-state index in [1.807, 2.05) is 24.3 Å². The Morgan fingerprint density at radius 2 is 1.53 bits per heavy atom. The summed E-state index contributed by atoms with van der Waals surface area (Å²) in [6.45, 7) is 5.93. The van der Waals surface area contributed by atoms with Gasteiger partial charge in [0.25, 0.3) is 11.8 Å². The van der Waals surface area contributed by atoms with Crippen LogP contribution in [0.1, 0.15) is 35.3 Å². The summed E-state index contributed by atoms with van der Waals surface area (Å²) < 4.78 is 10.3. The van der Waals surface area contributed by atoms with Gasteiger partial charge in [0.05, 0.1) is 20.4 Å². The molecule has 0 aromatic heterocycles. The van der Waals surface area contributed by atoms with Crippen molar-refractivity contribution in [3.05, 3.63) is 89.1 Å². The maximum atomic E-state index is 13.1. The number of benzene rings is 3. The number of nitrogens with zero attached hydrogens (tertiary/aromatic N) is 2. The van der Waals surface area contributed by atoms with E-state index in [0.717, 1.165) is 24.3 Å². The molecule has 3 N–H and O–H groups in total. The number of methoxy groups -OCH3 is 2. The van der Waals surface area contributed by atoms with Crippen molar-refractivity contribution in [2.45, 2.75) is 13.8 Å². The Balaban J connectivity index is 1.85. The molecule has 0 saturated carbocycles. The molecule has 0 fully saturated rings. The van der Waals surface area contributed by atoms with Gasteiger partial charge in [-0.2, -0.15) is 5.10 Å². The van der Waals surface area contributed by atoms with E-state index in [1.165, 1.54) is 20.4 Å². The molecule has 3 rings (SSSR count).